The molecule has 1 aliphatic rings. The molecule has 1 aliphatic carbocycles. The van der Waals surface area contributed by atoms with Crippen LogP contribution in [0.2, 0.25) is 0 Å². The lowest BCUT2D eigenvalue weighted by Gasteiger charge is -2.27. The number of amides is 1. The summed E-state index contributed by atoms with van der Waals surface area (Å²) in [7, 11) is -1.96. The minimum absolute atomic E-state index is 0.0171. The highest BCUT2D eigenvalue weighted by Gasteiger charge is 2.26. The van der Waals surface area contributed by atoms with Gasteiger partial charge in [-0.05, 0) is 78.5 Å². The molecular formula is C32H46N2O6S2. The predicted molar refractivity (Wildman–Crippen MR) is 170 cm³/mol. The molecule has 2 N–H and O–H groups in total. The number of sulfonamides is 1. The van der Waals surface area contributed by atoms with Gasteiger partial charge in [0, 0.05) is 32.4 Å². The van der Waals surface area contributed by atoms with Gasteiger partial charge in [0.25, 0.3) is 5.91 Å². The van der Waals surface area contributed by atoms with Crippen molar-refractivity contribution in [2.45, 2.75) is 70.9 Å². The lowest BCUT2D eigenvalue weighted by molar-refractivity contribution is -0.139. The van der Waals surface area contributed by atoms with Crippen LogP contribution in [0.3, 0.4) is 0 Å². The molecule has 3 rings (SSSR count). The molecule has 1 saturated carbocycles. The number of aliphatic carboxylic acids is 1. The monoisotopic (exact) mass is 618 g/mol. The lowest BCUT2D eigenvalue weighted by Crippen LogP contribution is -2.41. The van der Waals surface area contributed by atoms with E-state index in [1.807, 2.05) is 43.5 Å². The van der Waals surface area contributed by atoms with Gasteiger partial charge in [0.1, 0.15) is 6.04 Å². The molecular weight excluding hydrogens is 572 g/mol. The first-order valence-electron chi connectivity index (χ1n) is 14.8. The maximum atomic E-state index is 13.5. The summed E-state index contributed by atoms with van der Waals surface area (Å²) < 4.78 is 33.7. The third-order valence-electron chi connectivity index (χ3n) is 7.99. The average Bonchev–Trinajstić information content (AvgIpc) is 2.97. The number of carbonyl (C=O) groups is 2. The van der Waals surface area contributed by atoms with E-state index in [9.17, 15) is 23.1 Å². The van der Waals surface area contributed by atoms with Crippen LogP contribution in [-0.4, -0.2) is 73.8 Å². The van der Waals surface area contributed by atoms with Crippen LogP contribution in [-0.2, 0) is 26.1 Å². The topological polar surface area (TPSA) is 113 Å². The van der Waals surface area contributed by atoms with Crippen molar-refractivity contribution in [1.29, 1.82) is 0 Å². The largest absolute Gasteiger partial charge is 0.480 e. The Kier molecular flexibility index (Phi) is 13.8. The fourth-order valence-corrected chi connectivity index (χ4v) is 7.49. The smallest absolute Gasteiger partial charge is 0.326 e. The third kappa shape index (κ3) is 10.1. The van der Waals surface area contributed by atoms with Crippen molar-refractivity contribution in [3.8, 4) is 11.1 Å². The molecule has 0 aliphatic heterocycles. The van der Waals surface area contributed by atoms with Crippen molar-refractivity contribution >= 4 is 33.7 Å². The number of rotatable bonds is 17. The predicted octanol–water partition coefficient (Wildman–Crippen LogP) is 5.74. The van der Waals surface area contributed by atoms with E-state index in [4.69, 9.17) is 4.74 Å². The maximum absolute atomic E-state index is 13.5. The van der Waals surface area contributed by atoms with Crippen LogP contribution in [0, 0.1) is 12.8 Å². The zero-order valence-corrected chi connectivity index (χ0v) is 26.8. The quantitative estimate of drug-likeness (QED) is 0.218. The van der Waals surface area contributed by atoms with E-state index in [1.54, 1.807) is 23.5 Å². The van der Waals surface area contributed by atoms with Gasteiger partial charge in [-0.25, -0.2) is 13.2 Å². The number of methoxy groups -OCH3 is 1. The number of thioether (sulfide) groups is 1. The number of benzene rings is 2. The van der Waals surface area contributed by atoms with Gasteiger partial charge in [0.05, 0.1) is 5.75 Å². The molecule has 2 aromatic carbocycles. The molecule has 8 nitrogen and oxygen atoms in total. The summed E-state index contributed by atoms with van der Waals surface area (Å²) in [5, 5.41) is 12.4. The number of hydrogen-bond donors (Lipinski definition) is 2. The van der Waals surface area contributed by atoms with E-state index < -0.39 is 27.9 Å². The van der Waals surface area contributed by atoms with E-state index in [-0.39, 0.29) is 12.3 Å². The molecule has 1 fully saturated rings. The fourth-order valence-electron chi connectivity index (χ4n) is 5.55. The normalized spacial score (nSPS) is 15.0. The van der Waals surface area contributed by atoms with Gasteiger partial charge in [0.15, 0.2) is 0 Å². The summed E-state index contributed by atoms with van der Waals surface area (Å²) >= 11 is 1.53. The van der Waals surface area contributed by atoms with Gasteiger partial charge in [0.2, 0.25) is 10.0 Å². The molecule has 232 valence electrons. The molecule has 1 atom stereocenters. The molecule has 0 radical (unpaired) electrons. The van der Waals surface area contributed by atoms with E-state index in [0.29, 0.717) is 48.8 Å². The minimum Gasteiger partial charge on any atom is -0.480 e. The summed E-state index contributed by atoms with van der Waals surface area (Å²) in [6, 6.07) is 12.1. The molecule has 10 heteroatoms. The zero-order chi connectivity index (χ0) is 30.5. The Morgan fingerprint density at radius 1 is 1.12 bits per heavy atom. The number of carboxylic acids is 1. The van der Waals surface area contributed by atoms with Gasteiger partial charge in [-0.1, -0.05) is 62.4 Å². The Bertz CT molecular complexity index is 1280. The van der Waals surface area contributed by atoms with Crippen LogP contribution >= 0.6 is 11.8 Å². The highest BCUT2D eigenvalue weighted by atomic mass is 32.2. The third-order valence-corrected chi connectivity index (χ3v) is 10.5. The lowest BCUT2D eigenvalue weighted by atomic mass is 9.87. The molecule has 0 aromatic heterocycles. The van der Waals surface area contributed by atoms with E-state index in [2.05, 4.69) is 5.32 Å². The molecule has 0 spiro atoms. The molecule has 42 heavy (non-hydrogen) atoms. The van der Waals surface area contributed by atoms with Crippen molar-refractivity contribution in [2.75, 3.05) is 38.0 Å². The Balaban J connectivity index is 1.94. The molecule has 1 amide bonds. The Hall–Kier alpha value is -2.40. The molecule has 0 bridgehead atoms. The number of nitrogens with zero attached hydrogens (tertiary/aromatic N) is 1. The number of carboxylic acid groups (broad SMARTS) is 1. The summed E-state index contributed by atoms with van der Waals surface area (Å²) in [5.74, 6) is -0.370. The van der Waals surface area contributed by atoms with Crippen molar-refractivity contribution in [3.63, 3.8) is 0 Å². The summed E-state index contributed by atoms with van der Waals surface area (Å²) in [5.41, 5.74) is 3.60. The average molecular weight is 619 g/mol. The fraction of sp³-hybridized carbons (Fsp3) is 0.562. The SMILES string of the molecule is COCCCS(=O)(=O)N(CCC1CCCCC1)Cc1ccc(C(=O)N[C@@H](CCSC)C(=O)O)c(-c2ccccc2C)c1. The first-order valence-corrected chi connectivity index (χ1v) is 17.8. The summed E-state index contributed by atoms with van der Waals surface area (Å²) in [6.07, 6.45) is 9.42. The molecule has 2 aromatic rings. The van der Waals surface area contributed by atoms with Gasteiger partial charge in [-0.2, -0.15) is 16.1 Å². The first-order chi connectivity index (χ1) is 20.2. The highest BCUT2D eigenvalue weighted by molar-refractivity contribution is 7.98. The maximum Gasteiger partial charge on any atom is 0.326 e. The van der Waals surface area contributed by atoms with Gasteiger partial charge in [-0.3, -0.25) is 4.79 Å². The van der Waals surface area contributed by atoms with Crippen LogP contribution in [0.1, 0.15) is 72.9 Å². The Labute approximate surface area is 255 Å². The van der Waals surface area contributed by atoms with Crippen molar-refractivity contribution < 1.29 is 27.9 Å². The standard InChI is InChI=1S/C32H46N2O6S2/c1-24-10-7-8-13-27(24)29-22-26(14-15-28(29)31(35)33-30(32(36)37)17-20-41-3)23-34(42(38,39)21-9-19-40-2)18-16-25-11-5-4-6-12-25/h7-8,10,13-15,22,25,30H,4-6,9,11-12,16-21,23H2,1-3H3,(H,33,35)(H,36,37)/t30-/m0/s1. The van der Waals surface area contributed by atoms with Crippen LogP contribution in [0.4, 0.5) is 0 Å². The van der Waals surface area contributed by atoms with E-state index >= 15 is 0 Å². The van der Waals surface area contributed by atoms with Crippen molar-refractivity contribution in [1.82, 2.24) is 9.62 Å². The summed E-state index contributed by atoms with van der Waals surface area (Å²) in [6.45, 7) is 3.00. The van der Waals surface area contributed by atoms with Crippen molar-refractivity contribution in [2.24, 2.45) is 5.92 Å². The molecule has 0 saturated heterocycles. The van der Waals surface area contributed by atoms with E-state index in [1.165, 1.54) is 31.0 Å². The summed E-state index contributed by atoms with van der Waals surface area (Å²) in [4.78, 5) is 25.3. The van der Waals surface area contributed by atoms with Crippen LogP contribution in [0.15, 0.2) is 42.5 Å². The highest BCUT2D eigenvalue weighted by Crippen LogP contribution is 2.30. The number of ether oxygens (including phenoxy) is 1. The number of nitrogens with one attached hydrogen (secondary N) is 1. The second kappa shape index (κ2) is 17.0. The minimum atomic E-state index is -3.53. The second-order valence-electron chi connectivity index (χ2n) is 11.1. The molecule has 0 heterocycles. The van der Waals surface area contributed by atoms with Gasteiger partial charge in [-0.15, -0.1) is 0 Å². The van der Waals surface area contributed by atoms with Crippen LogP contribution in [0.25, 0.3) is 11.1 Å². The number of hydrogen-bond acceptors (Lipinski definition) is 6. The zero-order valence-electron chi connectivity index (χ0n) is 25.1. The molecule has 0 unspecified atom stereocenters. The second-order valence-corrected chi connectivity index (χ2v) is 14.2. The van der Waals surface area contributed by atoms with Crippen LogP contribution in [0.5, 0.6) is 0 Å². The Morgan fingerprint density at radius 3 is 2.52 bits per heavy atom. The first kappa shape index (κ1) is 34.1. The van der Waals surface area contributed by atoms with Crippen molar-refractivity contribution in [3.05, 3.63) is 59.2 Å². The van der Waals surface area contributed by atoms with Crippen LogP contribution < -0.4 is 5.32 Å². The number of aryl methyl sites for hydroxylation is 1. The Morgan fingerprint density at radius 2 is 1.86 bits per heavy atom. The van der Waals surface area contributed by atoms with E-state index in [0.717, 1.165) is 36.0 Å². The van der Waals surface area contributed by atoms with Gasteiger partial charge >= 0.3 is 5.97 Å². The van der Waals surface area contributed by atoms with Gasteiger partial charge < -0.3 is 15.2 Å². The number of carbonyl (C=O) groups excluding carboxylic acids is 1.